The number of benzene rings is 2. The molecule has 0 bridgehead atoms. The van der Waals surface area contributed by atoms with Crippen molar-refractivity contribution < 1.29 is 19.5 Å². The Bertz CT molecular complexity index is 843. The molecule has 1 aliphatic heterocycles. The van der Waals surface area contributed by atoms with Gasteiger partial charge < -0.3 is 10.4 Å². The molecule has 120 valence electrons. The zero-order valence-electron chi connectivity index (χ0n) is 12.6. The molecule has 24 heavy (non-hydrogen) atoms. The third-order valence-electron chi connectivity index (χ3n) is 3.67. The predicted octanol–water partition coefficient (Wildman–Crippen LogP) is 1.75. The highest BCUT2D eigenvalue weighted by Crippen LogP contribution is 2.32. The van der Waals surface area contributed by atoms with E-state index >= 15 is 0 Å². The quantitative estimate of drug-likeness (QED) is 0.647. The molecule has 0 saturated heterocycles. The number of nitrogens with one attached hydrogen (secondary N) is 1. The maximum absolute atomic E-state index is 12.2. The molecule has 6 heteroatoms. The number of anilines is 1. The molecule has 1 amide bonds. The fourth-order valence-electron chi connectivity index (χ4n) is 2.41. The van der Waals surface area contributed by atoms with Crippen LogP contribution in [-0.2, 0) is 16.1 Å². The van der Waals surface area contributed by atoms with Gasteiger partial charge in [0, 0.05) is 12.7 Å². The molecule has 0 saturated carbocycles. The number of carbonyl (C=O) groups is 3. The first kappa shape index (κ1) is 15.5. The topological polar surface area (TPSA) is 86.7 Å². The molecule has 1 heterocycles. The highest BCUT2D eigenvalue weighted by atomic mass is 16.3. The van der Waals surface area contributed by atoms with E-state index in [0.29, 0.717) is 12.8 Å². The van der Waals surface area contributed by atoms with Crippen molar-refractivity contribution in [2.75, 3.05) is 4.90 Å². The largest absolute Gasteiger partial charge is 0.505 e. The third-order valence-corrected chi connectivity index (χ3v) is 3.67. The van der Waals surface area contributed by atoms with Gasteiger partial charge >= 0.3 is 5.91 Å². The number of aromatic hydroxyl groups is 1. The van der Waals surface area contributed by atoms with E-state index in [0.717, 1.165) is 10.5 Å². The Labute approximate surface area is 138 Å². The summed E-state index contributed by atoms with van der Waals surface area (Å²) in [7, 11) is 0. The normalized spacial score (nSPS) is 13.8. The number of phenolic OH excluding ortho intramolecular Hbond substituents is 1. The lowest BCUT2D eigenvalue weighted by molar-refractivity contribution is -0.133. The zero-order chi connectivity index (χ0) is 17.1. The average Bonchev–Trinajstić information content (AvgIpc) is 2.89. The van der Waals surface area contributed by atoms with Gasteiger partial charge in [-0.3, -0.25) is 19.3 Å². The minimum Gasteiger partial charge on any atom is -0.505 e. The summed E-state index contributed by atoms with van der Waals surface area (Å²) in [6.07, 6.45) is 1.82. The predicted molar refractivity (Wildman–Crippen MR) is 87.4 cm³/mol. The van der Waals surface area contributed by atoms with Gasteiger partial charge in [0.2, 0.25) is 0 Å². The van der Waals surface area contributed by atoms with Crippen LogP contribution in [0.25, 0.3) is 0 Å². The van der Waals surface area contributed by atoms with E-state index in [1.165, 1.54) is 24.4 Å². The number of nitrogens with zero attached hydrogens (tertiary/aromatic N) is 1. The molecule has 0 unspecified atom stereocenters. The Morgan fingerprint density at radius 2 is 1.79 bits per heavy atom. The Kier molecular flexibility index (Phi) is 4.11. The van der Waals surface area contributed by atoms with Crippen molar-refractivity contribution >= 4 is 23.7 Å². The molecule has 3 rings (SSSR count). The third kappa shape index (κ3) is 2.77. The molecule has 0 fully saturated rings. The lowest BCUT2D eigenvalue weighted by Crippen LogP contribution is -2.28. The molecular weight excluding hydrogens is 308 g/mol. The Morgan fingerprint density at radius 1 is 1.04 bits per heavy atom. The van der Waals surface area contributed by atoms with Gasteiger partial charge in [0.25, 0.3) is 5.78 Å². The lowest BCUT2D eigenvalue weighted by Gasteiger charge is -2.14. The maximum atomic E-state index is 12.2. The van der Waals surface area contributed by atoms with Crippen LogP contribution < -0.4 is 10.2 Å². The van der Waals surface area contributed by atoms with Gasteiger partial charge in [-0.2, -0.15) is 0 Å². The van der Waals surface area contributed by atoms with Crippen molar-refractivity contribution in [1.29, 1.82) is 0 Å². The number of hydrogen-bond acceptors (Lipinski definition) is 5. The van der Waals surface area contributed by atoms with Crippen molar-refractivity contribution in [3.8, 4) is 5.75 Å². The first-order valence-corrected chi connectivity index (χ1v) is 7.26. The van der Waals surface area contributed by atoms with E-state index in [1.807, 2.05) is 30.3 Å². The number of carbonyl (C=O) groups excluding carboxylic acids is 3. The molecule has 6 nitrogen and oxygen atoms in total. The fourth-order valence-corrected chi connectivity index (χ4v) is 2.41. The van der Waals surface area contributed by atoms with Crippen LogP contribution in [0.1, 0.15) is 15.9 Å². The van der Waals surface area contributed by atoms with E-state index < -0.39 is 11.7 Å². The molecule has 2 aromatic rings. The van der Waals surface area contributed by atoms with E-state index in [2.05, 4.69) is 5.32 Å². The van der Waals surface area contributed by atoms with Crippen molar-refractivity contribution in [3.05, 3.63) is 71.6 Å². The van der Waals surface area contributed by atoms with E-state index in [1.54, 1.807) is 0 Å². The van der Waals surface area contributed by atoms with Crippen molar-refractivity contribution in [3.63, 3.8) is 0 Å². The van der Waals surface area contributed by atoms with Gasteiger partial charge in [0.1, 0.15) is 11.4 Å². The molecule has 0 aliphatic carbocycles. The summed E-state index contributed by atoms with van der Waals surface area (Å²) in [6, 6.07) is 13.8. The number of rotatable bonds is 5. The van der Waals surface area contributed by atoms with Gasteiger partial charge in [-0.25, -0.2) is 0 Å². The van der Waals surface area contributed by atoms with Gasteiger partial charge in [-0.05, 0) is 17.7 Å². The molecule has 1 aliphatic rings. The van der Waals surface area contributed by atoms with Crippen LogP contribution >= 0.6 is 0 Å². The second kappa shape index (κ2) is 6.37. The van der Waals surface area contributed by atoms with E-state index in [4.69, 9.17) is 0 Å². The van der Waals surface area contributed by atoms with Crippen LogP contribution in [0.2, 0.25) is 0 Å². The zero-order valence-corrected chi connectivity index (χ0v) is 12.6. The standard InChI is InChI=1S/C18H14N2O4/c21-11-13-7-4-8-15(16(13)22)20-10-14(17(23)18(20)24)19-9-12-5-2-1-3-6-12/h1-8,10-11,19,22H,9H2. The molecule has 0 spiro atoms. The highest BCUT2D eigenvalue weighted by Gasteiger charge is 2.34. The molecule has 0 aromatic heterocycles. The summed E-state index contributed by atoms with van der Waals surface area (Å²) >= 11 is 0. The summed E-state index contributed by atoms with van der Waals surface area (Å²) in [5.74, 6) is -1.82. The monoisotopic (exact) mass is 322 g/mol. The number of phenols is 1. The van der Waals surface area contributed by atoms with Crippen molar-refractivity contribution in [2.24, 2.45) is 0 Å². The highest BCUT2D eigenvalue weighted by molar-refractivity contribution is 6.50. The first-order chi connectivity index (χ1) is 11.6. The molecular formula is C18H14N2O4. The SMILES string of the molecule is O=Cc1cccc(N2C=C(NCc3ccccc3)C(=O)C2=O)c1O. The average molecular weight is 322 g/mol. The van der Waals surface area contributed by atoms with Crippen LogP contribution in [0, 0.1) is 0 Å². The lowest BCUT2D eigenvalue weighted by atomic mass is 10.2. The van der Waals surface area contributed by atoms with Gasteiger partial charge in [-0.15, -0.1) is 0 Å². The van der Waals surface area contributed by atoms with Crippen molar-refractivity contribution in [1.82, 2.24) is 5.32 Å². The number of amides is 1. The molecule has 2 N–H and O–H groups in total. The Hall–Kier alpha value is -3.41. The Balaban J connectivity index is 1.85. The van der Waals surface area contributed by atoms with E-state index in [9.17, 15) is 19.5 Å². The smallest absolute Gasteiger partial charge is 0.305 e. The van der Waals surface area contributed by atoms with Gasteiger partial charge in [-0.1, -0.05) is 36.4 Å². The second-order valence-electron chi connectivity index (χ2n) is 5.22. The summed E-state index contributed by atoms with van der Waals surface area (Å²) in [5, 5.41) is 13.0. The summed E-state index contributed by atoms with van der Waals surface area (Å²) < 4.78 is 0. The number of Topliss-reactive ketones (excluding diaryl/α,β-unsaturated/α-hetero) is 1. The second-order valence-corrected chi connectivity index (χ2v) is 5.22. The first-order valence-electron chi connectivity index (χ1n) is 7.26. The van der Waals surface area contributed by atoms with Crippen LogP contribution in [0.5, 0.6) is 5.75 Å². The van der Waals surface area contributed by atoms with Gasteiger partial charge in [0.05, 0.1) is 11.3 Å². The number of hydrogen-bond donors (Lipinski definition) is 2. The molecule has 0 atom stereocenters. The number of ketones is 1. The van der Waals surface area contributed by atoms with Crippen LogP contribution in [0.3, 0.4) is 0 Å². The maximum Gasteiger partial charge on any atom is 0.305 e. The number of para-hydroxylation sites is 1. The van der Waals surface area contributed by atoms with E-state index in [-0.39, 0.29) is 22.7 Å². The Morgan fingerprint density at radius 3 is 2.50 bits per heavy atom. The summed E-state index contributed by atoms with van der Waals surface area (Å²) in [5.41, 5.74) is 1.24. The van der Waals surface area contributed by atoms with Crippen LogP contribution in [0.4, 0.5) is 5.69 Å². The molecule has 0 radical (unpaired) electrons. The van der Waals surface area contributed by atoms with Crippen molar-refractivity contribution in [2.45, 2.75) is 6.54 Å². The minimum absolute atomic E-state index is 0.0480. The fraction of sp³-hybridized carbons (Fsp3) is 0.0556. The van der Waals surface area contributed by atoms with Crippen LogP contribution in [0.15, 0.2) is 60.4 Å². The number of aldehydes is 1. The minimum atomic E-state index is -0.788. The van der Waals surface area contributed by atoms with Gasteiger partial charge in [0.15, 0.2) is 6.29 Å². The molecule has 2 aromatic carbocycles. The summed E-state index contributed by atoms with van der Waals surface area (Å²) in [6.45, 7) is 0.389. The van der Waals surface area contributed by atoms with Crippen LogP contribution in [-0.4, -0.2) is 23.1 Å². The summed E-state index contributed by atoms with van der Waals surface area (Å²) in [4.78, 5) is 36.2.